The van der Waals surface area contributed by atoms with Crippen LogP contribution in [0.5, 0.6) is 5.75 Å². The molecule has 0 radical (unpaired) electrons. The van der Waals surface area contributed by atoms with Crippen LogP contribution < -0.4 is 4.74 Å². The summed E-state index contributed by atoms with van der Waals surface area (Å²) >= 11 is 18.5. The highest BCUT2D eigenvalue weighted by atomic mass is 79.9. The Labute approximate surface area is 143 Å². The van der Waals surface area contributed by atoms with E-state index < -0.39 is 0 Å². The number of benzene rings is 2. The van der Waals surface area contributed by atoms with Gasteiger partial charge in [0.15, 0.2) is 6.61 Å². The number of ketones is 1. The van der Waals surface area contributed by atoms with E-state index in [1.165, 1.54) is 6.07 Å². The van der Waals surface area contributed by atoms with Crippen LogP contribution in [0.4, 0.5) is 0 Å². The SMILES string of the molecule is O=C(COc1c(Br)cccc1Br)c1ccc(Cl)cc1Cl. The summed E-state index contributed by atoms with van der Waals surface area (Å²) in [7, 11) is 0. The number of carbonyl (C=O) groups excluding carboxylic acids is 1. The molecule has 0 saturated carbocycles. The Bertz CT molecular complexity index is 639. The predicted molar refractivity (Wildman–Crippen MR) is 88.1 cm³/mol. The number of Topliss-reactive ketones (excluding diaryl/α,β-unsaturated/α-hetero) is 1. The number of para-hydroxylation sites is 1. The Balaban J connectivity index is 2.13. The fraction of sp³-hybridized carbons (Fsp3) is 0.0714. The average Bonchev–Trinajstić information content (AvgIpc) is 2.37. The highest BCUT2D eigenvalue weighted by molar-refractivity contribution is 9.11. The highest BCUT2D eigenvalue weighted by Crippen LogP contribution is 2.33. The van der Waals surface area contributed by atoms with Gasteiger partial charge in [-0.25, -0.2) is 0 Å². The summed E-state index contributed by atoms with van der Waals surface area (Å²) in [5.41, 5.74) is 0.388. The first-order valence-electron chi connectivity index (χ1n) is 5.54. The van der Waals surface area contributed by atoms with Crippen molar-refractivity contribution in [3.63, 3.8) is 0 Å². The Hall–Kier alpha value is -0.550. The van der Waals surface area contributed by atoms with E-state index in [1.807, 2.05) is 18.2 Å². The second-order valence-electron chi connectivity index (χ2n) is 3.89. The smallest absolute Gasteiger partial charge is 0.201 e. The van der Waals surface area contributed by atoms with E-state index in [-0.39, 0.29) is 12.4 Å². The molecule has 0 aliphatic heterocycles. The third kappa shape index (κ3) is 3.76. The molecule has 6 heteroatoms. The first-order valence-corrected chi connectivity index (χ1v) is 7.88. The van der Waals surface area contributed by atoms with Crippen molar-refractivity contribution in [1.29, 1.82) is 0 Å². The zero-order valence-corrected chi connectivity index (χ0v) is 14.7. The van der Waals surface area contributed by atoms with Gasteiger partial charge in [-0.1, -0.05) is 29.3 Å². The molecule has 2 rings (SSSR count). The maximum Gasteiger partial charge on any atom is 0.201 e. The molecule has 0 saturated heterocycles. The lowest BCUT2D eigenvalue weighted by molar-refractivity contribution is 0.0920. The fourth-order valence-corrected chi connectivity index (χ4v) is 3.29. The topological polar surface area (TPSA) is 26.3 Å². The highest BCUT2D eigenvalue weighted by Gasteiger charge is 2.13. The first kappa shape index (κ1) is 15.8. The van der Waals surface area contributed by atoms with Gasteiger partial charge in [-0.05, 0) is 62.2 Å². The van der Waals surface area contributed by atoms with Gasteiger partial charge in [0, 0.05) is 10.6 Å². The van der Waals surface area contributed by atoms with Crippen molar-refractivity contribution in [3.8, 4) is 5.75 Å². The molecule has 0 unspecified atom stereocenters. The molecule has 20 heavy (non-hydrogen) atoms. The molecule has 2 nitrogen and oxygen atoms in total. The molecule has 0 spiro atoms. The van der Waals surface area contributed by atoms with Gasteiger partial charge in [0.1, 0.15) is 5.75 Å². The van der Waals surface area contributed by atoms with E-state index in [9.17, 15) is 4.79 Å². The molecule has 0 fully saturated rings. The average molecular weight is 439 g/mol. The van der Waals surface area contributed by atoms with Gasteiger partial charge >= 0.3 is 0 Å². The monoisotopic (exact) mass is 436 g/mol. The molecule has 104 valence electrons. The molecular weight excluding hydrogens is 431 g/mol. The van der Waals surface area contributed by atoms with Crippen LogP contribution in [0.15, 0.2) is 45.3 Å². The molecule has 0 aliphatic rings. The predicted octanol–water partition coefficient (Wildman–Crippen LogP) is 5.78. The van der Waals surface area contributed by atoms with E-state index in [0.717, 1.165) is 8.95 Å². The molecule has 0 amide bonds. The number of rotatable bonds is 4. The summed E-state index contributed by atoms with van der Waals surface area (Å²) < 4.78 is 7.07. The zero-order valence-electron chi connectivity index (χ0n) is 10.00. The fourth-order valence-electron chi connectivity index (χ4n) is 1.55. The number of hydrogen-bond donors (Lipinski definition) is 0. The van der Waals surface area contributed by atoms with Crippen molar-refractivity contribution in [2.45, 2.75) is 0 Å². The lowest BCUT2D eigenvalue weighted by Crippen LogP contribution is -2.12. The number of ether oxygens (including phenoxy) is 1. The van der Waals surface area contributed by atoms with Crippen LogP contribution in [0.25, 0.3) is 0 Å². The lowest BCUT2D eigenvalue weighted by Gasteiger charge is -2.10. The third-order valence-electron chi connectivity index (χ3n) is 2.50. The molecule has 0 atom stereocenters. The minimum absolute atomic E-state index is 0.109. The van der Waals surface area contributed by atoms with Gasteiger partial charge in [-0.15, -0.1) is 0 Å². The standard InChI is InChI=1S/C14H8Br2Cl2O2/c15-10-2-1-3-11(16)14(10)20-7-13(19)9-5-4-8(17)6-12(9)18/h1-6H,7H2. The second kappa shape index (κ2) is 6.94. The van der Waals surface area contributed by atoms with Crippen LogP contribution in [0.2, 0.25) is 10.0 Å². The van der Waals surface area contributed by atoms with Crippen molar-refractivity contribution >= 4 is 60.8 Å². The van der Waals surface area contributed by atoms with Crippen molar-refractivity contribution in [3.05, 3.63) is 61.0 Å². The number of halogens is 4. The van der Waals surface area contributed by atoms with Gasteiger partial charge in [0.25, 0.3) is 0 Å². The van der Waals surface area contributed by atoms with E-state index >= 15 is 0 Å². The van der Waals surface area contributed by atoms with E-state index in [1.54, 1.807) is 12.1 Å². The lowest BCUT2D eigenvalue weighted by atomic mass is 10.1. The van der Waals surface area contributed by atoms with Crippen molar-refractivity contribution in [1.82, 2.24) is 0 Å². The molecule has 0 aliphatic carbocycles. The van der Waals surface area contributed by atoms with Gasteiger partial charge < -0.3 is 4.74 Å². The van der Waals surface area contributed by atoms with E-state index in [4.69, 9.17) is 27.9 Å². The third-order valence-corrected chi connectivity index (χ3v) is 4.29. The largest absolute Gasteiger partial charge is 0.483 e. The molecule has 0 bridgehead atoms. The maximum absolute atomic E-state index is 12.1. The second-order valence-corrected chi connectivity index (χ2v) is 6.44. The summed E-state index contributed by atoms with van der Waals surface area (Å²) in [5.74, 6) is 0.361. The molecule has 2 aromatic carbocycles. The Morgan fingerprint density at radius 2 is 1.75 bits per heavy atom. The summed E-state index contributed by atoms with van der Waals surface area (Å²) in [5, 5.41) is 0.804. The van der Waals surface area contributed by atoms with Gasteiger partial charge in [-0.3, -0.25) is 4.79 Å². The van der Waals surface area contributed by atoms with Gasteiger partial charge in [0.2, 0.25) is 5.78 Å². The molecule has 0 aromatic heterocycles. The van der Waals surface area contributed by atoms with Crippen LogP contribution in [0, 0.1) is 0 Å². The first-order chi connectivity index (χ1) is 9.49. The minimum Gasteiger partial charge on any atom is -0.483 e. The Morgan fingerprint density at radius 1 is 1.10 bits per heavy atom. The molecule has 2 aromatic rings. The maximum atomic E-state index is 12.1. The summed E-state index contributed by atoms with van der Waals surface area (Å²) in [6, 6.07) is 10.3. The van der Waals surface area contributed by atoms with Crippen molar-refractivity contribution in [2.24, 2.45) is 0 Å². The Kier molecular flexibility index (Phi) is 5.49. The van der Waals surface area contributed by atoms with E-state index in [2.05, 4.69) is 31.9 Å². The van der Waals surface area contributed by atoms with Gasteiger partial charge in [-0.2, -0.15) is 0 Å². The van der Waals surface area contributed by atoms with Crippen molar-refractivity contribution in [2.75, 3.05) is 6.61 Å². The quantitative estimate of drug-likeness (QED) is 0.565. The zero-order chi connectivity index (χ0) is 14.7. The molecular formula is C14H8Br2Cl2O2. The van der Waals surface area contributed by atoms with Crippen LogP contribution in [0.1, 0.15) is 10.4 Å². The van der Waals surface area contributed by atoms with Crippen LogP contribution in [-0.4, -0.2) is 12.4 Å². The van der Waals surface area contributed by atoms with Gasteiger partial charge in [0.05, 0.1) is 14.0 Å². The Morgan fingerprint density at radius 3 is 2.35 bits per heavy atom. The summed E-state index contributed by atoms with van der Waals surface area (Å²) in [6.45, 7) is -0.109. The minimum atomic E-state index is -0.214. The normalized spacial score (nSPS) is 10.4. The molecule has 0 N–H and O–H groups in total. The van der Waals surface area contributed by atoms with E-state index in [0.29, 0.717) is 21.4 Å². The summed E-state index contributed by atoms with van der Waals surface area (Å²) in [6.07, 6.45) is 0. The van der Waals surface area contributed by atoms with Crippen molar-refractivity contribution < 1.29 is 9.53 Å². The van der Waals surface area contributed by atoms with Crippen LogP contribution in [0.3, 0.4) is 0 Å². The number of hydrogen-bond acceptors (Lipinski definition) is 2. The summed E-state index contributed by atoms with van der Waals surface area (Å²) in [4.78, 5) is 12.1. The van der Waals surface area contributed by atoms with Crippen LogP contribution >= 0.6 is 55.1 Å². The molecule has 0 heterocycles. The van der Waals surface area contributed by atoms with Crippen LogP contribution in [-0.2, 0) is 0 Å². The number of carbonyl (C=O) groups is 1.